The molecule has 7 nitrogen and oxygen atoms in total. The summed E-state index contributed by atoms with van der Waals surface area (Å²) < 4.78 is 5.23. The maximum absolute atomic E-state index is 12.4. The molecule has 3 rings (SSSR count). The van der Waals surface area contributed by atoms with Crippen LogP contribution in [0.2, 0.25) is 0 Å². The van der Waals surface area contributed by atoms with E-state index in [0.29, 0.717) is 22.7 Å². The van der Waals surface area contributed by atoms with Gasteiger partial charge in [0.1, 0.15) is 5.75 Å². The lowest BCUT2D eigenvalue weighted by molar-refractivity contribution is -0.116. The number of rotatable bonds is 5. The molecule has 1 heterocycles. The Bertz CT molecular complexity index is 945. The van der Waals surface area contributed by atoms with Crippen molar-refractivity contribution >= 4 is 40.9 Å². The van der Waals surface area contributed by atoms with Gasteiger partial charge in [0.2, 0.25) is 11.8 Å². The number of carbonyl (C=O) groups is 3. The highest BCUT2D eigenvalue weighted by atomic mass is 32.2. The first kappa shape index (κ1) is 19.8. The van der Waals surface area contributed by atoms with Crippen molar-refractivity contribution in [2.75, 3.05) is 24.3 Å². The van der Waals surface area contributed by atoms with Crippen LogP contribution in [0.25, 0.3) is 0 Å². The lowest BCUT2D eigenvalue weighted by atomic mass is 10.1. The fourth-order valence-electron chi connectivity index (χ4n) is 2.73. The normalized spacial score (nSPS) is 15.2. The smallest absolute Gasteiger partial charge is 0.251 e. The van der Waals surface area contributed by atoms with Crippen LogP contribution in [0.5, 0.6) is 5.75 Å². The van der Waals surface area contributed by atoms with Gasteiger partial charge in [0.25, 0.3) is 5.91 Å². The van der Waals surface area contributed by atoms with Gasteiger partial charge in [-0.1, -0.05) is 6.07 Å². The van der Waals surface area contributed by atoms with Crippen LogP contribution in [0.3, 0.4) is 0 Å². The minimum Gasteiger partial charge on any atom is -0.495 e. The van der Waals surface area contributed by atoms with Crippen molar-refractivity contribution in [3.8, 4) is 5.75 Å². The average Bonchev–Trinajstić information content (AvgIpc) is 2.67. The van der Waals surface area contributed by atoms with Gasteiger partial charge >= 0.3 is 0 Å². The molecule has 1 aliphatic rings. The van der Waals surface area contributed by atoms with Crippen molar-refractivity contribution in [3.63, 3.8) is 0 Å². The number of carbonyl (C=O) groups excluding carboxylic acids is 3. The molecule has 0 saturated carbocycles. The zero-order valence-corrected chi connectivity index (χ0v) is 16.6. The van der Waals surface area contributed by atoms with E-state index in [1.807, 2.05) is 19.9 Å². The highest BCUT2D eigenvalue weighted by Gasteiger charge is 2.23. The molecule has 0 aliphatic carbocycles. The summed E-state index contributed by atoms with van der Waals surface area (Å²) in [5.41, 5.74) is 2.50. The highest BCUT2D eigenvalue weighted by Crippen LogP contribution is 2.35. The standard InChI is InChI=1S/C20H21N3O4S/c1-11-4-6-16(27-3)14(8-11)22-18(24)10-21-20(26)13-5-7-17-15(9-13)23-19(25)12(2)28-17/h4-9,12H,10H2,1-3H3,(H,21,26)(H,22,24)(H,23,25). The summed E-state index contributed by atoms with van der Waals surface area (Å²) in [7, 11) is 1.52. The van der Waals surface area contributed by atoms with Crippen molar-refractivity contribution in [2.24, 2.45) is 0 Å². The first-order valence-corrected chi connectivity index (χ1v) is 9.59. The number of aryl methyl sites for hydroxylation is 1. The lowest BCUT2D eigenvalue weighted by Gasteiger charge is -2.21. The average molecular weight is 399 g/mol. The minimum atomic E-state index is -0.396. The van der Waals surface area contributed by atoms with Crippen LogP contribution in [-0.4, -0.2) is 36.6 Å². The van der Waals surface area contributed by atoms with Crippen LogP contribution in [-0.2, 0) is 9.59 Å². The molecule has 0 fully saturated rings. The zero-order chi connectivity index (χ0) is 20.3. The number of thioether (sulfide) groups is 1. The SMILES string of the molecule is COc1ccc(C)cc1NC(=O)CNC(=O)c1ccc2c(c1)NC(=O)C(C)S2. The van der Waals surface area contributed by atoms with E-state index in [1.54, 1.807) is 30.3 Å². The molecule has 0 aromatic heterocycles. The Morgan fingerprint density at radius 2 is 2.00 bits per heavy atom. The van der Waals surface area contributed by atoms with Crippen LogP contribution in [0.4, 0.5) is 11.4 Å². The predicted molar refractivity (Wildman–Crippen MR) is 109 cm³/mol. The predicted octanol–water partition coefficient (Wildman–Crippen LogP) is 2.80. The summed E-state index contributed by atoms with van der Waals surface area (Å²) in [4.78, 5) is 37.3. The van der Waals surface area contributed by atoms with Crippen LogP contribution >= 0.6 is 11.8 Å². The molecule has 3 N–H and O–H groups in total. The van der Waals surface area contributed by atoms with E-state index in [9.17, 15) is 14.4 Å². The van der Waals surface area contributed by atoms with Crippen LogP contribution in [0.1, 0.15) is 22.8 Å². The Kier molecular flexibility index (Phi) is 5.89. The Hall–Kier alpha value is -3.00. The Morgan fingerprint density at radius 3 is 2.75 bits per heavy atom. The van der Waals surface area contributed by atoms with Crippen LogP contribution in [0, 0.1) is 6.92 Å². The number of benzene rings is 2. The Balaban J connectivity index is 1.61. The summed E-state index contributed by atoms with van der Waals surface area (Å²) in [6.45, 7) is 3.54. The van der Waals surface area contributed by atoms with Crippen molar-refractivity contribution in [1.82, 2.24) is 5.32 Å². The molecule has 0 bridgehead atoms. The molecule has 146 valence electrons. The van der Waals surface area contributed by atoms with Gasteiger partial charge in [-0.25, -0.2) is 0 Å². The molecule has 0 spiro atoms. The van der Waals surface area contributed by atoms with Crippen LogP contribution < -0.4 is 20.7 Å². The fourth-order valence-corrected chi connectivity index (χ4v) is 3.66. The number of nitrogens with one attached hydrogen (secondary N) is 3. The van der Waals surface area contributed by atoms with Gasteiger partial charge in [0.15, 0.2) is 0 Å². The number of amides is 3. The second-order valence-corrected chi connectivity index (χ2v) is 7.78. The number of fused-ring (bicyclic) bond motifs is 1. The number of hydrogen-bond donors (Lipinski definition) is 3. The Labute approximate surface area is 167 Å². The number of methoxy groups -OCH3 is 1. The molecular formula is C20H21N3O4S. The van der Waals surface area contributed by atoms with E-state index in [2.05, 4.69) is 16.0 Å². The molecule has 0 saturated heterocycles. The van der Waals surface area contributed by atoms with E-state index in [-0.39, 0.29) is 23.6 Å². The maximum Gasteiger partial charge on any atom is 0.251 e. The molecule has 0 radical (unpaired) electrons. The second kappa shape index (κ2) is 8.35. The van der Waals surface area contributed by atoms with E-state index in [1.165, 1.54) is 18.9 Å². The highest BCUT2D eigenvalue weighted by molar-refractivity contribution is 8.00. The van der Waals surface area contributed by atoms with Gasteiger partial charge in [-0.3, -0.25) is 14.4 Å². The van der Waals surface area contributed by atoms with Crippen molar-refractivity contribution < 1.29 is 19.1 Å². The summed E-state index contributed by atoms with van der Waals surface area (Å²) >= 11 is 1.44. The van der Waals surface area contributed by atoms with Crippen LogP contribution in [0.15, 0.2) is 41.3 Å². The molecule has 1 unspecified atom stereocenters. The summed E-state index contributed by atoms with van der Waals surface area (Å²) in [5, 5.41) is 7.93. The van der Waals surface area contributed by atoms with E-state index in [4.69, 9.17) is 4.74 Å². The monoisotopic (exact) mass is 399 g/mol. The third kappa shape index (κ3) is 4.45. The molecule has 1 atom stereocenters. The van der Waals surface area contributed by atoms with E-state index in [0.717, 1.165) is 10.5 Å². The number of hydrogen-bond acceptors (Lipinski definition) is 5. The maximum atomic E-state index is 12.4. The Morgan fingerprint density at radius 1 is 1.21 bits per heavy atom. The number of anilines is 2. The summed E-state index contributed by atoms with van der Waals surface area (Å²) in [6, 6.07) is 10.5. The van der Waals surface area contributed by atoms with Gasteiger partial charge in [0.05, 0.1) is 30.3 Å². The van der Waals surface area contributed by atoms with Gasteiger partial charge in [-0.2, -0.15) is 0 Å². The van der Waals surface area contributed by atoms with Gasteiger partial charge < -0.3 is 20.7 Å². The second-order valence-electron chi connectivity index (χ2n) is 6.39. The van der Waals surface area contributed by atoms with E-state index >= 15 is 0 Å². The summed E-state index contributed by atoms with van der Waals surface area (Å²) in [5.74, 6) is -0.316. The number of ether oxygens (including phenoxy) is 1. The molecule has 3 amide bonds. The van der Waals surface area contributed by atoms with Gasteiger partial charge in [-0.05, 0) is 49.7 Å². The van der Waals surface area contributed by atoms with Crippen molar-refractivity contribution in [2.45, 2.75) is 24.0 Å². The topological polar surface area (TPSA) is 96.5 Å². The molecule has 28 heavy (non-hydrogen) atoms. The van der Waals surface area contributed by atoms with Gasteiger partial charge in [-0.15, -0.1) is 11.8 Å². The van der Waals surface area contributed by atoms with Crippen molar-refractivity contribution in [1.29, 1.82) is 0 Å². The largest absolute Gasteiger partial charge is 0.495 e. The third-order valence-corrected chi connectivity index (χ3v) is 5.39. The summed E-state index contributed by atoms with van der Waals surface area (Å²) in [6.07, 6.45) is 0. The first-order chi connectivity index (χ1) is 13.4. The van der Waals surface area contributed by atoms with Crippen molar-refractivity contribution in [3.05, 3.63) is 47.5 Å². The molecular weight excluding hydrogens is 378 g/mol. The van der Waals surface area contributed by atoms with E-state index < -0.39 is 5.91 Å². The molecule has 2 aromatic rings. The molecule has 2 aromatic carbocycles. The lowest BCUT2D eigenvalue weighted by Crippen LogP contribution is -2.33. The quantitative estimate of drug-likeness (QED) is 0.718. The molecule has 1 aliphatic heterocycles. The third-order valence-electron chi connectivity index (χ3n) is 4.21. The van der Waals surface area contributed by atoms with Gasteiger partial charge in [0, 0.05) is 10.5 Å². The minimum absolute atomic E-state index is 0.0958. The fraction of sp³-hybridized carbons (Fsp3) is 0.250. The molecule has 8 heteroatoms. The first-order valence-electron chi connectivity index (χ1n) is 8.71. The zero-order valence-electron chi connectivity index (χ0n) is 15.8.